The molecule has 0 unspecified atom stereocenters. The van der Waals surface area contributed by atoms with E-state index in [1.807, 2.05) is 0 Å². The molecule has 0 amide bonds. The first-order chi connectivity index (χ1) is 3.42. The van der Waals surface area contributed by atoms with Gasteiger partial charge in [0.1, 0.15) is 0 Å². The molecule has 0 aliphatic rings. The van der Waals surface area contributed by atoms with Crippen LogP contribution in [0.15, 0.2) is 0 Å². The molecule has 0 atom stereocenters. The van der Waals surface area contributed by atoms with E-state index in [0.717, 1.165) is 0 Å². The molecule has 1 N–H and O–H groups in total. The van der Waals surface area contributed by atoms with Crippen LogP contribution in [-0.4, -0.2) is 18.7 Å². The van der Waals surface area contributed by atoms with Crippen LogP contribution in [0.25, 0.3) is 0 Å². The van der Waals surface area contributed by atoms with Crippen molar-refractivity contribution in [2.45, 2.75) is 13.8 Å². The first-order valence-electron chi connectivity index (χ1n) is 2.16. The summed E-state index contributed by atoms with van der Waals surface area (Å²) in [7, 11) is -3.76. The van der Waals surface area contributed by atoms with E-state index >= 15 is 0 Å². The van der Waals surface area contributed by atoms with Gasteiger partial charge in [-0.25, -0.2) is 0 Å². The molecule has 0 fully saturated rings. The van der Waals surface area contributed by atoms with E-state index in [4.69, 9.17) is 4.55 Å². The van der Waals surface area contributed by atoms with Gasteiger partial charge in [-0.15, -0.1) is 0 Å². The molecule has 0 heterocycles. The molecule has 0 aliphatic heterocycles. The van der Waals surface area contributed by atoms with Crippen LogP contribution < -0.4 is 0 Å². The van der Waals surface area contributed by atoms with Crippen molar-refractivity contribution >= 4 is 10.1 Å². The molecular formula is C4H9O3S. The van der Waals surface area contributed by atoms with Crippen molar-refractivity contribution < 1.29 is 13.0 Å². The lowest BCUT2D eigenvalue weighted by Gasteiger charge is -1.96. The van der Waals surface area contributed by atoms with E-state index < -0.39 is 10.1 Å². The number of hydrogen-bond acceptors (Lipinski definition) is 2. The molecular weight excluding hydrogens is 128 g/mol. The van der Waals surface area contributed by atoms with Gasteiger partial charge in [0.2, 0.25) is 0 Å². The fraction of sp³-hybridized carbons (Fsp3) is 0.750. The zero-order valence-electron chi connectivity index (χ0n) is 4.88. The molecule has 0 rings (SSSR count). The largest absolute Gasteiger partial charge is 0.286 e. The van der Waals surface area contributed by atoms with Crippen molar-refractivity contribution in [3.05, 3.63) is 5.92 Å². The maximum absolute atomic E-state index is 9.98. The molecule has 0 bridgehead atoms. The molecule has 49 valence electrons. The Morgan fingerprint density at radius 3 is 1.88 bits per heavy atom. The highest BCUT2D eigenvalue weighted by Gasteiger charge is 2.06. The first kappa shape index (κ1) is 7.91. The smallest absolute Gasteiger partial charge is 0.265 e. The van der Waals surface area contributed by atoms with Crippen LogP contribution >= 0.6 is 0 Å². The lowest BCUT2D eigenvalue weighted by molar-refractivity contribution is 0.484. The normalized spacial score (nSPS) is 12.5. The van der Waals surface area contributed by atoms with Crippen LogP contribution in [0.2, 0.25) is 0 Å². The molecule has 0 saturated carbocycles. The van der Waals surface area contributed by atoms with E-state index in [-0.39, 0.29) is 5.75 Å². The van der Waals surface area contributed by atoms with Crippen molar-refractivity contribution in [1.82, 2.24) is 0 Å². The fourth-order valence-electron chi connectivity index (χ4n) is 0.365. The molecule has 0 aromatic rings. The summed E-state index contributed by atoms with van der Waals surface area (Å²) >= 11 is 0. The Balaban J connectivity index is 3.75. The van der Waals surface area contributed by atoms with E-state index in [1.165, 1.54) is 0 Å². The van der Waals surface area contributed by atoms with Crippen LogP contribution in [0.3, 0.4) is 0 Å². The molecule has 0 aromatic heterocycles. The van der Waals surface area contributed by atoms with Gasteiger partial charge >= 0.3 is 0 Å². The molecule has 4 heteroatoms. The van der Waals surface area contributed by atoms with Crippen LogP contribution in [-0.2, 0) is 10.1 Å². The quantitative estimate of drug-likeness (QED) is 0.563. The second kappa shape index (κ2) is 2.46. The fourth-order valence-corrected chi connectivity index (χ4v) is 1.09. The highest BCUT2D eigenvalue weighted by atomic mass is 32.2. The van der Waals surface area contributed by atoms with Crippen LogP contribution in [0.1, 0.15) is 13.8 Å². The minimum Gasteiger partial charge on any atom is -0.286 e. The summed E-state index contributed by atoms with van der Waals surface area (Å²) in [5, 5.41) is 0. The van der Waals surface area contributed by atoms with Crippen molar-refractivity contribution in [2.24, 2.45) is 0 Å². The summed E-state index contributed by atoms with van der Waals surface area (Å²) in [4.78, 5) is 0. The van der Waals surface area contributed by atoms with Crippen LogP contribution in [0.5, 0.6) is 0 Å². The van der Waals surface area contributed by atoms with Crippen molar-refractivity contribution in [1.29, 1.82) is 0 Å². The molecule has 0 aromatic carbocycles. The van der Waals surface area contributed by atoms with E-state index in [0.29, 0.717) is 5.92 Å². The summed E-state index contributed by atoms with van der Waals surface area (Å²) < 4.78 is 28.1. The maximum atomic E-state index is 9.98. The van der Waals surface area contributed by atoms with Gasteiger partial charge in [0, 0.05) is 0 Å². The van der Waals surface area contributed by atoms with Gasteiger partial charge in [0.05, 0.1) is 5.75 Å². The van der Waals surface area contributed by atoms with Crippen LogP contribution in [0, 0.1) is 5.92 Å². The highest BCUT2D eigenvalue weighted by molar-refractivity contribution is 7.85. The van der Waals surface area contributed by atoms with Crippen molar-refractivity contribution in [2.75, 3.05) is 5.75 Å². The summed E-state index contributed by atoms with van der Waals surface area (Å²) in [5.74, 6) is 0.458. The average molecular weight is 137 g/mol. The summed E-state index contributed by atoms with van der Waals surface area (Å²) in [6.07, 6.45) is 0. The molecule has 0 saturated heterocycles. The van der Waals surface area contributed by atoms with Gasteiger partial charge in [-0.05, 0) is 5.92 Å². The Bertz CT molecular complexity index is 145. The Kier molecular flexibility index (Phi) is 2.43. The summed E-state index contributed by atoms with van der Waals surface area (Å²) in [5.41, 5.74) is 0. The molecule has 8 heavy (non-hydrogen) atoms. The third-order valence-electron chi connectivity index (χ3n) is 0.471. The first-order valence-corrected chi connectivity index (χ1v) is 3.77. The number of rotatable bonds is 2. The zero-order chi connectivity index (χ0) is 6.78. The van der Waals surface area contributed by atoms with E-state index in [1.54, 1.807) is 13.8 Å². The summed E-state index contributed by atoms with van der Waals surface area (Å²) in [6, 6.07) is 0. The molecule has 3 nitrogen and oxygen atoms in total. The summed E-state index contributed by atoms with van der Waals surface area (Å²) in [6.45, 7) is 3.29. The van der Waals surface area contributed by atoms with Gasteiger partial charge in [0.15, 0.2) is 0 Å². The lowest BCUT2D eigenvalue weighted by Crippen LogP contribution is -2.07. The van der Waals surface area contributed by atoms with Crippen molar-refractivity contribution in [3.8, 4) is 0 Å². The SMILES string of the molecule is C[C](C)CS(=O)(=O)O. The van der Waals surface area contributed by atoms with Gasteiger partial charge in [-0.2, -0.15) is 8.42 Å². The maximum Gasteiger partial charge on any atom is 0.265 e. The van der Waals surface area contributed by atoms with Gasteiger partial charge in [-0.3, -0.25) is 4.55 Å². The third kappa shape index (κ3) is 5.91. The second-order valence-electron chi connectivity index (χ2n) is 1.93. The van der Waals surface area contributed by atoms with Crippen LogP contribution in [0.4, 0.5) is 0 Å². The predicted molar refractivity (Wildman–Crippen MR) is 31.0 cm³/mol. The molecule has 0 aliphatic carbocycles. The third-order valence-corrected chi connectivity index (χ3v) is 1.41. The average Bonchev–Trinajstić information content (AvgIpc) is 1.21. The second-order valence-corrected chi connectivity index (χ2v) is 3.39. The zero-order valence-corrected chi connectivity index (χ0v) is 5.70. The highest BCUT2D eigenvalue weighted by Crippen LogP contribution is 1.97. The van der Waals surface area contributed by atoms with Gasteiger partial charge < -0.3 is 0 Å². The van der Waals surface area contributed by atoms with Crippen molar-refractivity contribution in [3.63, 3.8) is 0 Å². The number of hydrogen-bond donors (Lipinski definition) is 1. The lowest BCUT2D eigenvalue weighted by atomic mass is 10.3. The monoisotopic (exact) mass is 137 g/mol. The van der Waals surface area contributed by atoms with Gasteiger partial charge in [-0.1, -0.05) is 13.8 Å². The Morgan fingerprint density at radius 2 is 1.88 bits per heavy atom. The molecule has 0 spiro atoms. The minimum absolute atomic E-state index is 0.229. The minimum atomic E-state index is -3.76. The Morgan fingerprint density at radius 1 is 1.50 bits per heavy atom. The topological polar surface area (TPSA) is 54.4 Å². The Labute approximate surface area is 49.5 Å². The van der Waals surface area contributed by atoms with E-state index in [2.05, 4.69) is 0 Å². The Hall–Kier alpha value is -0.0900. The standard InChI is InChI=1S/C4H9O3S/c1-4(2)3-8(5,6)7/h3H2,1-2H3,(H,5,6,7). The predicted octanol–water partition coefficient (Wildman–Crippen LogP) is 0.488. The van der Waals surface area contributed by atoms with Gasteiger partial charge in [0.25, 0.3) is 10.1 Å². The van der Waals surface area contributed by atoms with E-state index in [9.17, 15) is 8.42 Å². The molecule has 1 radical (unpaired) electrons.